The monoisotopic (exact) mass is 445 g/mol. The van der Waals surface area contributed by atoms with Crippen molar-refractivity contribution in [1.29, 1.82) is 0 Å². The van der Waals surface area contributed by atoms with Crippen LogP contribution in [0.25, 0.3) is 0 Å². The Morgan fingerprint density at radius 1 is 0.964 bits per heavy atom. The van der Waals surface area contributed by atoms with Crippen molar-refractivity contribution >= 4 is 75.8 Å². The lowest BCUT2D eigenvalue weighted by Crippen LogP contribution is -2.55. The highest BCUT2D eigenvalue weighted by Gasteiger charge is 2.32. The van der Waals surface area contributed by atoms with Gasteiger partial charge in [-0.25, -0.2) is 4.79 Å². The van der Waals surface area contributed by atoms with E-state index in [0.29, 0.717) is 0 Å². The molecule has 0 saturated carbocycles. The third-order valence-electron chi connectivity index (χ3n) is 3.36. The molecule has 0 atom stereocenters. The number of urea groups is 1. The number of barbiturate groups is 1. The average molecular weight is 447 g/mol. The number of carbonyl (C=O) groups excluding carboxylic acids is 6. The quantitative estimate of drug-likeness (QED) is 0.263. The number of imide groups is 2. The van der Waals surface area contributed by atoms with Gasteiger partial charge in [0.2, 0.25) is 17.6 Å². The summed E-state index contributed by atoms with van der Waals surface area (Å²) in [5, 5.41) is 6.17. The zero-order chi connectivity index (χ0) is 21.0. The highest BCUT2D eigenvalue weighted by Crippen LogP contribution is 2.32. The van der Waals surface area contributed by atoms with Crippen molar-refractivity contribution in [3.63, 3.8) is 0 Å². The molecule has 12 heteroatoms. The number of Topliss-reactive ketones (excluding diaryl/α,β-unsaturated/α-hetero) is 1. The van der Waals surface area contributed by atoms with Crippen molar-refractivity contribution < 1.29 is 28.8 Å². The van der Waals surface area contributed by atoms with Crippen LogP contribution in [0.15, 0.2) is 24.3 Å². The number of ketones is 2. The van der Waals surface area contributed by atoms with E-state index in [1.165, 1.54) is 12.1 Å². The standard InChI is InChI=1S/C16H10Cl3N3O6/c17-8-4-10(19)11(5-9(8)18)20-15(27)12(24)3-6(23)1-2-7-13(25)21-16(28)22-14(7)26/h1-2,4-5,7H,3H2,(H,20,27)(H2,21,22,25,26,28)/b2-1+. The molecule has 1 aromatic rings. The summed E-state index contributed by atoms with van der Waals surface area (Å²) in [5.41, 5.74) is 0.0256. The molecule has 146 valence electrons. The maximum Gasteiger partial charge on any atom is 0.328 e. The van der Waals surface area contributed by atoms with Gasteiger partial charge in [0.15, 0.2) is 5.78 Å². The zero-order valence-electron chi connectivity index (χ0n) is 13.7. The number of hydrogen-bond acceptors (Lipinski definition) is 6. The second kappa shape index (κ2) is 8.96. The number of amides is 5. The summed E-state index contributed by atoms with van der Waals surface area (Å²) in [6.45, 7) is 0. The maximum atomic E-state index is 11.9. The van der Waals surface area contributed by atoms with Crippen LogP contribution in [-0.2, 0) is 24.0 Å². The van der Waals surface area contributed by atoms with E-state index in [4.69, 9.17) is 34.8 Å². The minimum absolute atomic E-state index is 0.0256. The highest BCUT2D eigenvalue weighted by molar-refractivity contribution is 6.46. The second-order valence-electron chi connectivity index (χ2n) is 5.41. The van der Waals surface area contributed by atoms with Crippen LogP contribution in [0.3, 0.4) is 0 Å². The van der Waals surface area contributed by atoms with Crippen molar-refractivity contribution in [1.82, 2.24) is 10.6 Å². The summed E-state index contributed by atoms with van der Waals surface area (Å²) >= 11 is 17.4. The molecule has 1 aliphatic rings. The summed E-state index contributed by atoms with van der Waals surface area (Å²) in [5.74, 6) is -6.31. The van der Waals surface area contributed by atoms with Crippen molar-refractivity contribution in [2.75, 3.05) is 5.32 Å². The van der Waals surface area contributed by atoms with Gasteiger partial charge in [-0.15, -0.1) is 0 Å². The Hall–Kier alpha value is -2.75. The van der Waals surface area contributed by atoms with E-state index in [-0.39, 0.29) is 20.8 Å². The lowest BCUT2D eigenvalue weighted by atomic mass is 10.0. The van der Waals surface area contributed by atoms with Crippen LogP contribution >= 0.6 is 34.8 Å². The molecule has 0 radical (unpaired) electrons. The molecule has 5 amide bonds. The van der Waals surface area contributed by atoms with E-state index in [0.717, 1.165) is 12.2 Å². The summed E-state index contributed by atoms with van der Waals surface area (Å²) in [6.07, 6.45) is 0.896. The first kappa shape index (κ1) is 21.5. The molecule has 0 spiro atoms. The predicted octanol–water partition coefficient (Wildman–Crippen LogP) is 1.65. The van der Waals surface area contributed by atoms with E-state index < -0.39 is 47.7 Å². The summed E-state index contributed by atoms with van der Waals surface area (Å²) < 4.78 is 0. The van der Waals surface area contributed by atoms with Crippen LogP contribution in [0, 0.1) is 5.92 Å². The van der Waals surface area contributed by atoms with E-state index in [9.17, 15) is 28.8 Å². The van der Waals surface area contributed by atoms with Gasteiger partial charge in [0.05, 0.1) is 27.2 Å². The van der Waals surface area contributed by atoms with Gasteiger partial charge >= 0.3 is 6.03 Å². The van der Waals surface area contributed by atoms with Crippen LogP contribution in [0.5, 0.6) is 0 Å². The SMILES string of the molecule is O=C(/C=C/C1C(=O)NC(=O)NC1=O)CC(=O)C(=O)Nc1cc(Cl)c(Cl)cc1Cl. The maximum absolute atomic E-state index is 11.9. The molecule has 28 heavy (non-hydrogen) atoms. The number of hydrogen-bond donors (Lipinski definition) is 3. The summed E-state index contributed by atoms with van der Waals surface area (Å²) in [6, 6.07) is 1.53. The van der Waals surface area contributed by atoms with Crippen molar-refractivity contribution in [3.05, 3.63) is 39.4 Å². The molecule has 0 aromatic heterocycles. The van der Waals surface area contributed by atoms with Crippen LogP contribution in [-0.4, -0.2) is 35.3 Å². The minimum atomic E-state index is -1.42. The molecule has 1 saturated heterocycles. The van der Waals surface area contributed by atoms with E-state index in [1.807, 2.05) is 10.6 Å². The molecule has 0 bridgehead atoms. The molecular formula is C16H10Cl3N3O6. The molecule has 9 nitrogen and oxygen atoms in total. The first-order valence-electron chi connectivity index (χ1n) is 7.44. The third-order valence-corrected chi connectivity index (χ3v) is 4.39. The molecule has 2 rings (SSSR count). The second-order valence-corrected chi connectivity index (χ2v) is 6.63. The molecule has 1 heterocycles. The normalized spacial score (nSPS) is 14.6. The average Bonchev–Trinajstić information content (AvgIpc) is 2.58. The molecule has 1 aromatic carbocycles. The Labute approximate surface area is 172 Å². The number of anilines is 1. The number of carbonyl (C=O) groups is 6. The fourth-order valence-electron chi connectivity index (χ4n) is 2.02. The molecule has 3 N–H and O–H groups in total. The molecule has 1 fully saturated rings. The summed E-state index contributed by atoms with van der Waals surface area (Å²) in [7, 11) is 0. The van der Waals surface area contributed by atoms with Gasteiger partial charge in [-0.3, -0.25) is 34.6 Å². The number of benzene rings is 1. The minimum Gasteiger partial charge on any atom is -0.318 e. The number of rotatable bonds is 6. The summed E-state index contributed by atoms with van der Waals surface area (Å²) in [4.78, 5) is 69.6. The van der Waals surface area contributed by atoms with Crippen LogP contribution in [0.4, 0.5) is 10.5 Å². The lowest BCUT2D eigenvalue weighted by molar-refractivity contribution is -0.136. The number of halogens is 3. The Kier molecular flexibility index (Phi) is 6.90. The fourth-order valence-corrected chi connectivity index (χ4v) is 2.61. The lowest BCUT2D eigenvalue weighted by Gasteiger charge is -2.17. The van der Waals surface area contributed by atoms with E-state index in [1.54, 1.807) is 0 Å². The number of nitrogens with one attached hydrogen (secondary N) is 3. The molecule has 0 unspecified atom stereocenters. The highest BCUT2D eigenvalue weighted by atomic mass is 35.5. The van der Waals surface area contributed by atoms with E-state index in [2.05, 4.69) is 5.32 Å². The van der Waals surface area contributed by atoms with E-state index >= 15 is 0 Å². The van der Waals surface area contributed by atoms with Gasteiger partial charge in [0, 0.05) is 0 Å². The van der Waals surface area contributed by atoms with Crippen molar-refractivity contribution in [2.45, 2.75) is 6.42 Å². The van der Waals surface area contributed by atoms with Gasteiger partial charge in [0.1, 0.15) is 5.92 Å². The van der Waals surface area contributed by atoms with Gasteiger partial charge < -0.3 is 5.32 Å². The van der Waals surface area contributed by atoms with Gasteiger partial charge in [-0.1, -0.05) is 40.9 Å². The zero-order valence-corrected chi connectivity index (χ0v) is 15.9. The van der Waals surface area contributed by atoms with Crippen molar-refractivity contribution in [2.24, 2.45) is 5.92 Å². The van der Waals surface area contributed by atoms with Crippen molar-refractivity contribution in [3.8, 4) is 0 Å². The smallest absolute Gasteiger partial charge is 0.318 e. The first-order chi connectivity index (χ1) is 13.1. The fraction of sp³-hybridized carbons (Fsp3) is 0.125. The number of allylic oxidation sites excluding steroid dienone is 1. The van der Waals surface area contributed by atoms with Crippen LogP contribution in [0.1, 0.15) is 6.42 Å². The third kappa shape index (κ3) is 5.38. The Balaban J connectivity index is 1.96. The molecule has 1 aliphatic heterocycles. The van der Waals surface area contributed by atoms with Crippen LogP contribution in [0.2, 0.25) is 15.1 Å². The topological polar surface area (TPSA) is 139 Å². The Morgan fingerprint density at radius 3 is 2.14 bits per heavy atom. The largest absolute Gasteiger partial charge is 0.328 e. The van der Waals surface area contributed by atoms with Gasteiger partial charge in [0.25, 0.3) is 5.91 Å². The Morgan fingerprint density at radius 2 is 1.54 bits per heavy atom. The predicted molar refractivity (Wildman–Crippen MR) is 99.0 cm³/mol. The molecule has 0 aliphatic carbocycles. The van der Waals surface area contributed by atoms with Crippen LogP contribution < -0.4 is 16.0 Å². The van der Waals surface area contributed by atoms with Gasteiger partial charge in [-0.05, 0) is 18.2 Å². The molecular weight excluding hydrogens is 437 g/mol. The van der Waals surface area contributed by atoms with Gasteiger partial charge in [-0.2, -0.15) is 0 Å². The Bertz CT molecular complexity index is 924. The first-order valence-corrected chi connectivity index (χ1v) is 8.57.